The predicted molar refractivity (Wildman–Crippen MR) is 64.0 cm³/mol. The first-order valence-corrected chi connectivity index (χ1v) is 6.20. The van der Waals surface area contributed by atoms with Gasteiger partial charge in [0.2, 0.25) is 0 Å². The van der Waals surface area contributed by atoms with Gasteiger partial charge in [-0.2, -0.15) is 0 Å². The summed E-state index contributed by atoms with van der Waals surface area (Å²) in [6.07, 6.45) is 1.54. The summed E-state index contributed by atoms with van der Waals surface area (Å²) in [5, 5.41) is 0. The zero-order valence-corrected chi connectivity index (χ0v) is 10.9. The fourth-order valence-corrected chi connectivity index (χ4v) is 1.10. The smallest absolute Gasteiger partial charge is 0.305 e. The molecule has 0 radical (unpaired) electrons. The van der Waals surface area contributed by atoms with Crippen LogP contribution in [0.15, 0.2) is 0 Å². The molecule has 0 aromatic carbocycles. The zero-order chi connectivity index (χ0) is 12.8. The highest BCUT2D eigenvalue weighted by atomic mass is 16.5. The van der Waals surface area contributed by atoms with Gasteiger partial charge in [-0.3, -0.25) is 4.79 Å². The maximum absolute atomic E-state index is 10.0. The zero-order valence-electron chi connectivity index (χ0n) is 10.9. The Bertz CT molecular complexity index is 156. The Balaban J connectivity index is 0.000000354. The summed E-state index contributed by atoms with van der Waals surface area (Å²) >= 11 is 0. The topological polar surface area (TPSA) is 54.0 Å². The fourth-order valence-electron chi connectivity index (χ4n) is 1.10. The molecular weight excluding hydrogens is 224 g/mol. The molecule has 0 aliphatic carbocycles. The lowest BCUT2D eigenvalue weighted by molar-refractivity contribution is -0.137. The van der Waals surface area contributed by atoms with Crippen LogP contribution in [0.2, 0.25) is 0 Å². The van der Waals surface area contributed by atoms with Crippen LogP contribution in [-0.4, -0.2) is 52.2 Å². The lowest BCUT2D eigenvalue weighted by Gasteiger charge is -2.03. The van der Waals surface area contributed by atoms with Crippen LogP contribution in [0.3, 0.4) is 0 Å². The Labute approximate surface area is 103 Å². The van der Waals surface area contributed by atoms with Gasteiger partial charge in [0.1, 0.15) is 0 Å². The summed E-state index contributed by atoms with van der Waals surface area (Å²) in [4.78, 5) is 10.0. The second-order valence-corrected chi connectivity index (χ2v) is 3.33. The predicted octanol–water partition coefficient (Wildman–Crippen LogP) is 1.40. The number of cyclic esters (lactones) is 1. The number of ether oxygens (including phenoxy) is 4. The van der Waals surface area contributed by atoms with Crippen LogP contribution >= 0.6 is 0 Å². The molecule has 0 amide bonds. The van der Waals surface area contributed by atoms with Crippen LogP contribution < -0.4 is 0 Å². The van der Waals surface area contributed by atoms with E-state index in [1.807, 2.05) is 13.8 Å². The largest absolute Gasteiger partial charge is 0.466 e. The van der Waals surface area contributed by atoms with Gasteiger partial charge in [0.15, 0.2) is 0 Å². The van der Waals surface area contributed by atoms with Crippen LogP contribution in [-0.2, 0) is 23.7 Å². The van der Waals surface area contributed by atoms with E-state index in [2.05, 4.69) is 4.74 Å². The van der Waals surface area contributed by atoms with Gasteiger partial charge in [-0.1, -0.05) is 0 Å². The number of hydrogen-bond acceptors (Lipinski definition) is 5. The minimum absolute atomic E-state index is 0.0463. The molecule has 1 saturated heterocycles. The van der Waals surface area contributed by atoms with Crippen molar-refractivity contribution < 1.29 is 23.7 Å². The quantitative estimate of drug-likeness (QED) is 0.480. The van der Waals surface area contributed by atoms with E-state index in [1.165, 1.54) is 0 Å². The third-order valence-electron chi connectivity index (χ3n) is 1.94. The molecule has 1 heterocycles. The van der Waals surface area contributed by atoms with Crippen molar-refractivity contribution in [3.63, 3.8) is 0 Å². The SMILES string of the molecule is CCOCCOCCOCC.O=C1CCCO1. The van der Waals surface area contributed by atoms with E-state index < -0.39 is 0 Å². The van der Waals surface area contributed by atoms with Crippen molar-refractivity contribution in [2.45, 2.75) is 26.7 Å². The molecule has 5 heteroatoms. The standard InChI is InChI=1S/C8H18O3.C4H6O2/c1-3-9-5-7-11-8-6-10-4-2;5-4-2-1-3-6-4/h3-8H2,1-2H3;1-3H2. The molecule has 17 heavy (non-hydrogen) atoms. The molecule has 0 aromatic rings. The number of esters is 1. The van der Waals surface area contributed by atoms with E-state index in [-0.39, 0.29) is 5.97 Å². The maximum atomic E-state index is 10.0. The first-order valence-electron chi connectivity index (χ1n) is 6.20. The van der Waals surface area contributed by atoms with Crippen LogP contribution in [0.4, 0.5) is 0 Å². The van der Waals surface area contributed by atoms with Crippen molar-refractivity contribution >= 4 is 5.97 Å². The van der Waals surface area contributed by atoms with Gasteiger partial charge in [0.25, 0.3) is 0 Å². The van der Waals surface area contributed by atoms with Gasteiger partial charge in [0.05, 0.1) is 33.0 Å². The Morgan fingerprint density at radius 3 is 1.82 bits per heavy atom. The highest BCUT2D eigenvalue weighted by Crippen LogP contribution is 2.01. The second-order valence-electron chi connectivity index (χ2n) is 3.33. The van der Waals surface area contributed by atoms with E-state index in [9.17, 15) is 4.79 Å². The highest BCUT2D eigenvalue weighted by molar-refractivity contribution is 5.70. The molecular formula is C12H24O5. The summed E-state index contributed by atoms with van der Waals surface area (Å²) < 4.78 is 19.9. The van der Waals surface area contributed by atoms with Gasteiger partial charge >= 0.3 is 5.97 Å². The number of carbonyl (C=O) groups is 1. The van der Waals surface area contributed by atoms with E-state index in [0.29, 0.717) is 39.5 Å². The van der Waals surface area contributed by atoms with Crippen LogP contribution in [0.25, 0.3) is 0 Å². The van der Waals surface area contributed by atoms with Gasteiger partial charge in [-0.05, 0) is 20.3 Å². The molecule has 0 saturated carbocycles. The van der Waals surface area contributed by atoms with Gasteiger partial charge in [-0.15, -0.1) is 0 Å². The first-order chi connectivity index (χ1) is 8.31. The van der Waals surface area contributed by atoms with E-state index in [4.69, 9.17) is 14.2 Å². The summed E-state index contributed by atoms with van der Waals surface area (Å²) in [5.74, 6) is -0.0463. The van der Waals surface area contributed by atoms with Crippen molar-refractivity contribution in [1.82, 2.24) is 0 Å². The van der Waals surface area contributed by atoms with Crippen molar-refractivity contribution in [1.29, 1.82) is 0 Å². The average molecular weight is 248 g/mol. The highest BCUT2D eigenvalue weighted by Gasteiger charge is 2.08. The molecule has 1 aliphatic heterocycles. The summed E-state index contributed by atoms with van der Waals surface area (Å²) in [6.45, 7) is 8.80. The molecule has 0 aromatic heterocycles. The maximum Gasteiger partial charge on any atom is 0.305 e. The molecule has 5 nitrogen and oxygen atoms in total. The monoisotopic (exact) mass is 248 g/mol. The summed E-state index contributed by atoms with van der Waals surface area (Å²) in [5.41, 5.74) is 0. The van der Waals surface area contributed by atoms with Crippen LogP contribution in [0.1, 0.15) is 26.7 Å². The summed E-state index contributed by atoms with van der Waals surface area (Å²) in [6, 6.07) is 0. The van der Waals surface area contributed by atoms with Crippen LogP contribution in [0.5, 0.6) is 0 Å². The van der Waals surface area contributed by atoms with E-state index >= 15 is 0 Å². The third-order valence-corrected chi connectivity index (χ3v) is 1.94. The number of carbonyl (C=O) groups excluding carboxylic acids is 1. The molecule has 1 fully saturated rings. The van der Waals surface area contributed by atoms with Crippen molar-refractivity contribution in [3.8, 4) is 0 Å². The molecule has 0 bridgehead atoms. The number of rotatable bonds is 8. The second kappa shape index (κ2) is 13.4. The van der Waals surface area contributed by atoms with Crippen molar-refractivity contribution in [2.24, 2.45) is 0 Å². The fraction of sp³-hybridized carbons (Fsp3) is 0.917. The molecule has 0 atom stereocenters. The normalized spacial score (nSPS) is 14.1. The van der Waals surface area contributed by atoms with Crippen molar-refractivity contribution in [2.75, 3.05) is 46.2 Å². The Kier molecular flexibility index (Phi) is 12.9. The molecule has 102 valence electrons. The third kappa shape index (κ3) is 13.3. The van der Waals surface area contributed by atoms with Crippen molar-refractivity contribution in [3.05, 3.63) is 0 Å². The lowest BCUT2D eigenvalue weighted by atomic mass is 10.4. The Morgan fingerprint density at radius 2 is 1.53 bits per heavy atom. The van der Waals surface area contributed by atoms with E-state index in [1.54, 1.807) is 0 Å². The Hall–Kier alpha value is -0.650. The van der Waals surface area contributed by atoms with E-state index in [0.717, 1.165) is 19.6 Å². The molecule has 1 aliphatic rings. The minimum Gasteiger partial charge on any atom is -0.466 e. The Morgan fingerprint density at radius 1 is 1.00 bits per heavy atom. The number of hydrogen-bond donors (Lipinski definition) is 0. The summed E-state index contributed by atoms with van der Waals surface area (Å²) in [7, 11) is 0. The molecule has 0 spiro atoms. The lowest BCUT2D eigenvalue weighted by Crippen LogP contribution is -2.08. The van der Waals surface area contributed by atoms with Crippen LogP contribution in [0, 0.1) is 0 Å². The average Bonchev–Trinajstić information content (AvgIpc) is 2.80. The molecule has 1 rings (SSSR count). The molecule has 0 N–H and O–H groups in total. The first kappa shape index (κ1) is 16.4. The molecule has 0 unspecified atom stereocenters. The van der Waals surface area contributed by atoms with Gasteiger partial charge in [0, 0.05) is 19.6 Å². The van der Waals surface area contributed by atoms with Gasteiger partial charge < -0.3 is 18.9 Å². The van der Waals surface area contributed by atoms with Gasteiger partial charge in [-0.25, -0.2) is 0 Å². The minimum atomic E-state index is -0.0463.